The first-order valence-electron chi connectivity index (χ1n) is 11.1. The van der Waals surface area contributed by atoms with Crippen LogP contribution in [-0.4, -0.2) is 46.2 Å². The summed E-state index contributed by atoms with van der Waals surface area (Å²) in [7, 11) is -2.55. The quantitative estimate of drug-likeness (QED) is 0.251. The topological polar surface area (TPSA) is 116 Å². The molecule has 0 aliphatic carbocycles. The van der Waals surface area contributed by atoms with Crippen molar-refractivity contribution in [3.05, 3.63) is 52.7 Å². The molecule has 0 aliphatic heterocycles. The number of amides is 1. The summed E-state index contributed by atoms with van der Waals surface area (Å²) < 4.78 is 83.0. The first-order valence-corrected chi connectivity index (χ1v) is 13.0. The lowest BCUT2D eigenvalue weighted by Gasteiger charge is -2.13. The van der Waals surface area contributed by atoms with Gasteiger partial charge in [0.05, 0.1) is 12.2 Å². The van der Waals surface area contributed by atoms with E-state index in [0.717, 1.165) is 18.9 Å². The van der Waals surface area contributed by atoms with E-state index in [1.54, 1.807) is 6.07 Å². The van der Waals surface area contributed by atoms with Crippen LogP contribution in [-0.2, 0) is 25.9 Å². The van der Waals surface area contributed by atoms with Crippen molar-refractivity contribution in [1.29, 1.82) is 0 Å². The molecule has 0 aliphatic rings. The summed E-state index contributed by atoms with van der Waals surface area (Å²) in [6.07, 6.45) is 0.515. The van der Waals surface area contributed by atoms with Crippen LogP contribution in [0, 0.1) is 0 Å². The van der Waals surface area contributed by atoms with E-state index in [-0.39, 0.29) is 30.3 Å². The van der Waals surface area contributed by atoms with Crippen LogP contribution in [0.4, 0.5) is 13.2 Å². The molecule has 0 bridgehead atoms. The third-order valence-corrected chi connectivity index (χ3v) is 5.93. The molecule has 1 heterocycles. The molecule has 9 nitrogen and oxygen atoms in total. The van der Waals surface area contributed by atoms with Gasteiger partial charge in [0, 0.05) is 37.6 Å². The third kappa shape index (κ3) is 10.6. The molecule has 0 atom stereocenters. The van der Waals surface area contributed by atoms with Gasteiger partial charge in [0.2, 0.25) is 5.88 Å². The molecule has 0 fully saturated rings. The SMILES string of the molecule is CCCCCNS(=O)(=O)NC(=O)C=Cc1ccc(OCCOC)cc1Oc1ncc(C(F)(F)F)cc1Cl. The van der Waals surface area contributed by atoms with Crippen molar-refractivity contribution in [1.82, 2.24) is 14.4 Å². The van der Waals surface area contributed by atoms with Crippen LogP contribution in [0.3, 0.4) is 0 Å². The lowest BCUT2D eigenvalue weighted by atomic mass is 10.1. The molecule has 1 aromatic carbocycles. The Morgan fingerprint density at radius 3 is 2.59 bits per heavy atom. The lowest BCUT2D eigenvalue weighted by Crippen LogP contribution is -2.39. The summed E-state index contributed by atoms with van der Waals surface area (Å²) in [5.41, 5.74) is -0.789. The standard InChI is InChI=1S/C23H27ClF3N3O6S/c1-3-4-5-10-29-37(32,33)30-21(31)9-7-16-6-8-18(35-12-11-34-2)14-20(16)36-22-19(24)13-17(15-28-22)23(25,26)27/h6-9,13-15,29H,3-5,10-12H2,1-2H3,(H,30,31). The van der Waals surface area contributed by atoms with Gasteiger partial charge in [-0.05, 0) is 30.7 Å². The van der Waals surface area contributed by atoms with Gasteiger partial charge in [-0.3, -0.25) is 4.79 Å². The number of alkyl halides is 3. The van der Waals surface area contributed by atoms with E-state index in [2.05, 4.69) is 9.71 Å². The number of hydrogen-bond donors (Lipinski definition) is 2. The molecule has 0 spiro atoms. The highest BCUT2D eigenvalue weighted by Gasteiger charge is 2.32. The van der Waals surface area contributed by atoms with Gasteiger partial charge in [0.1, 0.15) is 23.1 Å². The summed E-state index contributed by atoms with van der Waals surface area (Å²) in [5, 5.41) is -0.395. The highest BCUT2D eigenvalue weighted by molar-refractivity contribution is 7.88. The van der Waals surface area contributed by atoms with E-state index >= 15 is 0 Å². The number of rotatable bonds is 14. The van der Waals surface area contributed by atoms with Crippen LogP contribution < -0.4 is 18.9 Å². The Bertz CT molecular complexity index is 1190. The van der Waals surface area contributed by atoms with Gasteiger partial charge in [-0.2, -0.15) is 26.3 Å². The molecule has 37 heavy (non-hydrogen) atoms. The Morgan fingerprint density at radius 2 is 1.95 bits per heavy atom. The second-order valence-electron chi connectivity index (χ2n) is 7.56. The van der Waals surface area contributed by atoms with Crippen molar-refractivity contribution in [2.45, 2.75) is 32.4 Å². The second-order valence-corrected chi connectivity index (χ2v) is 9.46. The van der Waals surface area contributed by atoms with E-state index in [0.29, 0.717) is 31.0 Å². The van der Waals surface area contributed by atoms with E-state index in [1.807, 2.05) is 11.6 Å². The maximum Gasteiger partial charge on any atom is 0.417 e. The summed E-state index contributed by atoms with van der Waals surface area (Å²) in [5.74, 6) is -0.883. The first kappa shape index (κ1) is 30.4. The molecule has 0 saturated carbocycles. The number of unbranched alkanes of at least 4 members (excludes halogenated alkanes) is 2. The van der Waals surface area contributed by atoms with Gasteiger partial charge in [0.25, 0.3) is 5.91 Å². The minimum atomic E-state index is -4.64. The minimum Gasteiger partial charge on any atom is -0.491 e. The lowest BCUT2D eigenvalue weighted by molar-refractivity contribution is -0.137. The molecule has 2 aromatic rings. The average Bonchev–Trinajstić information content (AvgIpc) is 2.82. The predicted octanol–water partition coefficient (Wildman–Crippen LogP) is 4.73. The molecule has 0 unspecified atom stereocenters. The van der Waals surface area contributed by atoms with Gasteiger partial charge in [-0.1, -0.05) is 31.4 Å². The molecule has 2 N–H and O–H groups in total. The van der Waals surface area contributed by atoms with E-state index in [1.165, 1.54) is 25.3 Å². The van der Waals surface area contributed by atoms with Gasteiger partial charge in [-0.25, -0.2) is 9.71 Å². The molecule has 2 rings (SSSR count). The highest BCUT2D eigenvalue weighted by Crippen LogP contribution is 2.36. The van der Waals surface area contributed by atoms with Crippen molar-refractivity contribution in [3.8, 4) is 17.4 Å². The number of ether oxygens (including phenoxy) is 3. The summed E-state index contributed by atoms with van der Waals surface area (Å²) in [6, 6.07) is 5.13. The van der Waals surface area contributed by atoms with Gasteiger partial charge >= 0.3 is 16.4 Å². The first-order chi connectivity index (χ1) is 17.4. The van der Waals surface area contributed by atoms with Crippen LogP contribution in [0.5, 0.6) is 17.4 Å². The van der Waals surface area contributed by atoms with Gasteiger partial charge in [0.15, 0.2) is 0 Å². The number of hydrogen-bond acceptors (Lipinski definition) is 7. The highest BCUT2D eigenvalue weighted by atomic mass is 35.5. The van der Waals surface area contributed by atoms with Crippen LogP contribution in [0.1, 0.15) is 37.3 Å². The fourth-order valence-electron chi connectivity index (χ4n) is 2.78. The molecular weight excluding hydrogens is 539 g/mol. The molecule has 204 valence electrons. The zero-order valence-electron chi connectivity index (χ0n) is 20.1. The predicted molar refractivity (Wildman–Crippen MR) is 132 cm³/mol. The number of nitrogens with zero attached hydrogens (tertiary/aromatic N) is 1. The number of methoxy groups -OCH3 is 1. The second kappa shape index (κ2) is 14.2. The van der Waals surface area contributed by atoms with E-state index in [9.17, 15) is 26.4 Å². The zero-order valence-corrected chi connectivity index (χ0v) is 21.7. The average molecular weight is 566 g/mol. The normalized spacial score (nSPS) is 12.1. The van der Waals surface area contributed by atoms with Crippen molar-refractivity contribution in [3.63, 3.8) is 0 Å². The fourth-order valence-corrected chi connectivity index (χ4v) is 3.81. The number of benzene rings is 1. The maximum absolute atomic E-state index is 12.9. The Labute approximate surface area is 218 Å². The Balaban J connectivity index is 2.24. The fraction of sp³-hybridized carbons (Fsp3) is 0.391. The molecule has 1 amide bonds. The van der Waals surface area contributed by atoms with Crippen molar-refractivity contribution in [2.75, 3.05) is 26.9 Å². The van der Waals surface area contributed by atoms with E-state index in [4.69, 9.17) is 25.8 Å². The number of pyridine rings is 1. The van der Waals surface area contributed by atoms with Crippen LogP contribution in [0.15, 0.2) is 36.5 Å². The number of aromatic nitrogens is 1. The third-order valence-electron chi connectivity index (χ3n) is 4.60. The molecular formula is C23H27ClF3N3O6S. The van der Waals surface area contributed by atoms with E-state index < -0.39 is 32.9 Å². The molecule has 0 saturated heterocycles. The maximum atomic E-state index is 12.9. The Hall–Kier alpha value is -2.87. The van der Waals surface area contributed by atoms with Gasteiger partial charge < -0.3 is 14.2 Å². The van der Waals surface area contributed by atoms with Crippen LogP contribution in [0.2, 0.25) is 5.02 Å². The molecule has 14 heteroatoms. The summed E-state index contributed by atoms with van der Waals surface area (Å²) in [6.45, 7) is 2.66. The van der Waals surface area contributed by atoms with Crippen molar-refractivity contribution < 1.29 is 40.6 Å². The van der Waals surface area contributed by atoms with Gasteiger partial charge in [-0.15, -0.1) is 0 Å². The number of halogens is 4. The van der Waals surface area contributed by atoms with Crippen LogP contribution >= 0.6 is 11.6 Å². The van der Waals surface area contributed by atoms with Crippen LogP contribution in [0.25, 0.3) is 6.08 Å². The Kier molecular flexibility index (Phi) is 11.6. The molecule has 0 radical (unpaired) electrons. The zero-order chi connectivity index (χ0) is 27.5. The molecule has 1 aromatic heterocycles. The largest absolute Gasteiger partial charge is 0.491 e. The number of nitrogens with one attached hydrogen (secondary N) is 2. The summed E-state index contributed by atoms with van der Waals surface area (Å²) >= 11 is 5.95. The summed E-state index contributed by atoms with van der Waals surface area (Å²) in [4.78, 5) is 15.8. The van der Waals surface area contributed by atoms with Crippen molar-refractivity contribution >= 4 is 33.8 Å². The smallest absolute Gasteiger partial charge is 0.417 e. The minimum absolute atomic E-state index is 0.0358. The van der Waals surface area contributed by atoms with Crippen molar-refractivity contribution in [2.24, 2.45) is 0 Å². The number of carbonyl (C=O) groups is 1. The number of carbonyl (C=O) groups excluding carboxylic acids is 1. The Morgan fingerprint density at radius 1 is 1.19 bits per heavy atom. The monoisotopic (exact) mass is 565 g/mol.